The van der Waals surface area contributed by atoms with E-state index < -0.39 is 22.2 Å². The molecule has 0 spiro atoms. The minimum atomic E-state index is -0.725. The third-order valence-electron chi connectivity index (χ3n) is 11.3. The van der Waals surface area contributed by atoms with Gasteiger partial charge < -0.3 is 18.9 Å². The summed E-state index contributed by atoms with van der Waals surface area (Å²) in [7, 11) is 0. The van der Waals surface area contributed by atoms with Crippen LogP contribution in [0.5, 0.6) is 34.5 Å². The molecule has 0 aliphatic heterocycles. The SMILES string of the molecule is CCCCC(CC)COc1ccc(Oc2c3c(=O)n(-c4ccccc4)c(=O)c3c(Oc3ccc(OCC(CC)CCCC)cc3)c3c(=O)n(-c4ccccc4)c(=O)c23)cc1. The Morgan fingerprint density at radius 3 is 1.05 bits per heavy atom. The molecule has 5 aromatic carbocycles. The molecule has 2 aromatic heterocycles. The largest absolute Gasteiger partial charge is 0.493 e. The van der Waals surface area contributed by atoms with Crippen LogP contribution in [0.25, 0.3) is 32.9 Å². The van der Waals surface area contributed by atoms with Gasteiger partial charge >= 0.3 is 0 Å². The molecule has 7 rings (SSSR count). The summed E-state index contributed by atoms with van der Waals surface area (Å²) in [5.41, 5.74) is -2.29. The molecule has 2 atom stereocenters. The van der Waals surface area contributed by atoms with Gasteiger partial charge in [0.15, 0.2) is 11.5 Å². The number of para-hydroxylation sites is 2. The molecule has 310 valence electrons. The molecular formula is C50H52N2O8. The first-order valence-electron chi connectivity index (χ1n) is 21.2. The average molecular weight is 809 g/mol. The van der Waals surface area contributed by atoms with Gasteiger partial charge in [-0.15, -0.1) is 0 Å². The molecule has 0 fully saturated rings. The van der Waals surface area contributed by atoms with Crippen molar-refractivity contribution in [1.29, 1.82) is 0 Å². The highest BCUT2D eigenvalue weighted by molar-refractivity contribution is 6.11. The zero-order valence-corrected chi connectivity index (χ0v) is 34.8. The van der Waals surface area contributed by atoms with E-state index in [-0.39, 0.29) is 44.5 Å². The van der Waals surface area contributed by atoms with Gasteiger partial charge in [0.25, 0.3) is 22.2 Å². The Bertz CT molecular complexity index is 2460. The molecule has 2 unspecified atom stereocenters. The minimum absolute atomic E-state index is 0.187. The fraction of sp³-hybridized carbons (Fsp3) is 0.320. The van der Waals surface area contributed by atoms with Gasteiger partial charge in [-0.2, -0.15) is 0 Å². The number of benzene rings is 5. The highest BCUT2D eigenvalue weighted by atomic mass is 16.5. The van der Waals surface area contributed by atoms with Crippen molar-refractivity contribution in [2.45, 2.75) is 79.1 Å². The van der Waals surface area contributed by atoms with Crippen molar-refractivity contribution < 1.29 is 18.9 Å². The number of nitrogens with zero attached hydrogens (tertiary/aromatic N) is 2. The summed E-state index contributed by atoms with van der Waals surface area (Å²) < 4.78 is 27.3. The van der Waals surface area contributed by atoms with Gasteiger partial charge in [0.2, 0.25) is 0 Å². The molecule has 10 heteroatoms. The lowest BCUT2D eigenvalue weighted by Gasteiger charge is -2.16. The summed E-state index contributed by atoms with van der Waals surface area (Å²) in [6.45, 7) is 9.82. The Hall–Kier alpha value is -6.42. The topological polar surface area (TPSA) is 115 Å². The monoisotopic (exact) mass is 808 g/mol. The van der Waals surface area contributed by atoms with Gasteiger partial charge in [0.05, 0.1) is 24.6 Å². The fourth-order valence-corrected chi connectivity index (χ4v) is 7.65. The number of hydrogen-bond acceptors (Lipinski definition) is 8. The molecule has 0 N–H and O–H groups in total. The van der Waals surface area contributed by atoms with Crippen molar-refractivity contribution in [3.63, 3.8) is 0 Å². The van der Waals surface area contributed by atoms with E-state index in [4.69, 9.17) is 18.9 Å². The Morgan fingerprint density at radius 2 is 0.750 bits per heavy atom. The van der Waals surface area contributed by atoms with Gasteiger partial charge in [0, 0.05) is 0 Å². The zero-order valence-electron chi connectivity index (χ0n) is 34.8. The van der Waals surface area contributed by atoms with E-state index in [1.807, 2.05) is 0 Å². The molecule has 60 heavy (non-hydrogen) atoms. The van der Waals surface area contributed by atoms with Crippen LogP contribution in [0.4, 0.5) is 0 Å². The molecule has 0 aliphatic rings. The van der Waals surface area contributed by atoms with Crippen LogP contribution < -0.4 is 41.2 Å². The van der Waals surface area contributed by atoms with Crippen LogP contribution in [0, 0.1) is 11.8 Å². The Balaban J connectivity index is 1.38. The summed E-state index contributed by atoms with van der Waals surface area (Å²) in [5.74, 6) is 2.25. The van der Waals surface area contributed by atoms with Crippen molar-refractivity contribution in [3.05, 3.63) is 151 Å². The standard InChI is InChI=1S/C50H52N2O8/c1-5-9-17-33(7-3)31-57-37-23-27-39(28-24-37)59-45-41-43(49(55)51(47(41)53)35-19-13-11-14-20-35)46(44-42(45)48(54)52(50(44)56)36-21-15-12-16-22-36)60-40-29-25-38(26-30-40)58-32-34(8-4)18-10-6-2/h11-16,19-30,33-34H,5-10,17-18,31-32H2,1-4H3. The van der Waals surface area contributed by atoms with Gasteiger partial charge in [-0.1, -0.05) is 103 Å². The van der Waals surface area contributed by atoms with Crippen molar-refractivity contribution in [2.24, 2.45) is 11.8 Å². The van der Waals surface area contributed by atoms with Gasteiger partial charge in [-0.3, -0.25) is 19.2 Å². The van der Waals surface area contributed by atoms with E-state index in [0.29, 0.717) is 47.9 Å². The fourth-order valence-electron chi connectivity index (χ4n) is 7.65. The third-order valence-corrected chi connectivity index (χ3v) is 11.3. The van der Waals surface area contributed by atoms with E-state index in [1.165, 1.54) is 0 Å². The Labute approximate surface area is 349 Å². The van der Waals surface area contributed by atoms with Crippen LogP contribution in [-0.4, -0.2) is 22.3 Å². The van der Waals surface area contributed by atoms with Crippen molar-refractivity contribution in [1.82, 2.24) is 9.13 Å². The summed E-state index contributed by atoms with van der Waals surface area (Å²) in [6, 6.07) is 30.7. The number of rotatable bonds is 20. The second-order valence-corrected chi connectivity index (χ2v) is 15.3. The molecule has 2 heterocycles. The first-order valence-corrected chi connectivity index (χ1v) is 21.2. The molecule has 10 nitrogen and oxygen atoms in total. The lowest BCUT2D eigenvalue weighted by Crippen LogP contribution is -2.24. The lowest BCUT2D eigenvalue weighted by molar-refractivity contribution is 0.233. The van der Waals surface area contributed by atoms with Gasteiger partial charge in [0.1, 0.15) is 44.5 Å². The van der Waals surface area contributed by atoms with E-state index in [1.54, 1.807) is 109 Å². The zero-order chi connectivity index (χ0) is 42.2. The van der Waals surface area contributed by atoms with Gasteiger partial charge in [-0.05, 0) is 97.5 Å². The van der Waals surface area contributed by atoms with E-state index in [9.17, 15) is 19.2 Å². The van der Waals surface area contributed by atoms with E-state index in [0.717, 1.165) is 60.5 Å². The normalized spacial score (nSPS) is 12.5. The predicted molar refractivity (Wildman–Crippen MR) is 238 cm³/mol. The molecular weight excluding hydrogens is 757 g/mol. The van der Waals surface area contributed by atoms with Crippen molar-refractivity contribution >= 4 is 21.5 Å². The third kappa shape index (κ3) is 8.64. The summed E-state index contributed by atoms with van der Waals surface area (Å²) in [5, 5.41) is -0.747. The van der Waals surface area contributed by atoms with Crippen LogP contribution in [-0.2, 0) is 0 Å². The Kier molecular flexibility index (Phi) is 13.3. The van der Waals surface area contributed by atoms with Crippen molar-refractivity contribution in [3.8, 4) is 45.9 Å². The second-order valence-electron chi connectivity index (χ2n) is 15.3. The summed E-state index contributed by atoms with van der Waals surface area (Å²) in [6.07, 6.45) is 8.71. The van der Waals surface area contributed by atoms with Crippen LogP contribution in [0.1, 0.15) is 79.1 Å². The molecule has 7 aromatic rings. The quantitative estimate of drug-likeness (QED) is 0.0748. The average Bonchev–Trinajstić information content (AvgIpc) is 3.70. The molecule has 0 aliphatic carbocycles. The number of aromatic nitrogens is 2. The molecule has 0 radical (unpaired) electrons. The molecule has 0 bridgehead atoms. The molecule has 0 amide bonds. The van der Waals surface area contributed by atoms with Gasteiger partial charge in [-0.25, -0.2) is 9.13 Å². The highest BCUT2D eigenvalue weighted by Crippen LogP contribution is 2.42. The highest BCUT2D eigenvalue weighted by Gasteiger charge is 2.32. The number of hydrogen-bond donors (Lipinski definition) is 0. The second kappa shape index (κ2) is 19.1. The maximum absolute atomic E-state index is 14.7. The summed E-state index contributed by atoms with van der Waals surface area (Å²) >= 11 is 0. The van der Waals surface area contributed by atoms with Crippen molar-refractivity contribution in [2.75, 3.05) is 13.2 Å². The molecule has 0 saturated heterocycles. The van der Waals surface area contributed by atoms with E-state index in [2.05, 4.69) is 27.7 Å². The smallest absolute Gasteiger partial charge is 0.270 e. The number of unbranched alkanes of at least 4 members (excludes halogenated alkanes) is 2. The molecule has 0 saturated carbocycles. The minimum Gasteiger partial charge on any atom is -0.493 e. The Morgan fingerprint density at radius 1 is 0.433 bits per heavy atom. The summed E-state index contributed by atoms with van der Waals surface area (Å²) in [4.78, 5) is 58.6. The van der Waals surface area contributed by atoms with Crippen LogP contribution >= 0.6 is 0 Å². The lowest BCUT2D eigenvalue weighted by atomic mass is 10.0. The first-order chi connectivity index (χ1) is 29.3. The van der Waals surface area contributed by atoms with Crippen LogP contribution in [0.2, 0.25) is 0 Å². The predicted octanol–water partition coefficient (Wildman–Crippen LogP) is 10.7. The van der Waals surface area contributed by atoms with Crippen LogP contribution in [0.15, 0.2) is 128 Å². The first kappa shape index (κ1) is 41.7. The van der Waals surface area contributed by atoms with Crippen LogP contribution in [0.3, 0.4) is 0 Å². The number of fused-ring (bicyclic) bond motifs is 2. The maximum Gasteiger partial charge on any atom is 0.270 e. The number of ether oxygens (including phenoxy) is 4. The maximum atomic E-state index is 14.7. The van der Waals surface area contributed by atoms with E-state index >= 15 is 0 Å².